The minimum atomic E-state index is -0.711. The number of pyridine rings is 1. The first-order valence-electron chi connectivity index (χ1n) is 13.5. The molecule has 0 aliphatic carbocycles. The van der Waals surface area contributed by atoms with Gasteiger partial charge in [0.05, 0.1) is 25.7 Å². The number of amides is 2. The molecule has 5 rings (SSSR count). The Morgan fingerprint density at radius 1 is 1.05 bits per heavy atom. The first-order valence-corrected chi connectivity index (χ1v) is 13.5. The van der Waals surface area contributed by atoms with E-state index in [1.165, 1.54) is 4.90 Å². The zero-order chi connectivity index (χ0) is 29.1. The van der Waals surface area contributed by atoms with Crippen molar-refractivity contribution in [2.24, 2.45) is 5.92 Å². The third kappa shape index (κ3) is 5.82. The summed E-state index contributed by atoms with van der Waals surface area (Å²) in [6, 6.07) is 15.0. The summed E-state index contributed by atoms with van der Waals surface area (Å²) < 4.78 is 22.6. The van der Waals surface area contributed by atoms with Crippen molar-refractivity contribution in [2.75, 3.05) is 20.8 Å². The van der Waals surface area contributed by atoms with Crippen molar-refractivity contribution >= 4 is 23.0 Å². The number of likely N-dealkylation sites (tertiary alicyclic amines) is 1. The molecule has 4 aromatic rings. The lowest BCUT2D eigenvalue weighted by atomic mass is 9.80. The van der Waals surface area contributed by atoms with Crippen molar-refractivity contribution in [2.45, 2.75) is 45.3 Å². The van der Waals surface area contributed by atoms with Gasteiger partial charge in [0, 0.05) is 24.9 Å². The van der Waals surface area contributed by atoms with Crippen LogP contribution in [0.15, 0.2) is 60.9 Å². The Hall–Kier alpha value is -4.60. The molecular formula is C31H34N4O6. The maximum atomic E-state index is 13.7. The van der Waals surface area contributed by atoms with Crippen molar-refractivity contribution in [3.8, 4) is 17.2 Å². The van der Waals surface area contributed by atoms with Crippen LogP contribution in [0.5, 0.6) is 17.2 Å². The lowest BCUT2D eigenvalue weighted by Crippen LogP contribution is -2.39. The number of benzene rings is 2. The molecule has 214 valence electrons. The first-order chi connectivity index (χ1) is 19.7. The van der Waals surface area contributed by atoms with Gasteiger partial charge >= 0.3 is 6.09 Å². The van der Waals surface area contributed by atoms with Crippen LogP contribution in [0, 0.1) is 5.92 Å². The van der Waals surface area contributed by atoms with Crippen LogP contribution in [0.1, 0.15) is 50.1 Å². The Morgan fingerprint density at radius 3 is 2.49 bits per heavy atom. The van der Waals surface area contributed by atoms with Crippen molar-refractivity contribution in [3.05, 3.63) is 77.9 Å². The molecule has 10 heteroatoms. The number of ether oxygens (including phenoxy) is 4. The molecule has 1 aliphatic rings. The molecule has 2 amide bonds. The van der Waals surface area contributed by atoms with Gasteiger partial charge in [0.2, 0.25) is 5.91 Å². The van der Waals surface area contributed by atoms with Gasteiger partial charge in [0.15, 0.2) is 11.5 Å². The Bertz CT molecular complexity index is 1550. The average molecular weight is 559 g/mol. The summed E-state index contributed by atoms with van der Waals surface area (Å²) in [6.45, 7) is 5.77. The average Bonchev–Trinajstić information content (AvgIpc) is 3.56. The number of nitrogens with one attached hydrogen (secondary N) is 1. The number of rotatable bonds is 8. The SMILES string of the molecule is COc1ccccc1OCc1nc2c(C(c3cccnc3)C3CCN(C(=O)OC(C)(C)C)C3=O)ccc(OC)c2[nH]1. The quantitative estimate of drug-likeness (QED) is 0.303. The Balaban J connectivity index is 1.53. The summed E-state index contributed by atoms with van der Waals surface area (Å²) in [4.78, 5) is 40.4. The number of fused-ring (bicyclic) bond motifs is 1. The predicted molar refractivity (Wildman–Crippen MR) is 152 cm³/mol. The molecule has 2 atom stereocenters. The second kappa shape index (κ2) is 11.5. The second-order valence-corrected chi connectivity index (χ2v) is 10.8. The molecule has 3 heterocycles. The third-order valence-corrected chi connectivity index (χ3v) is 6.98. The van der Waals surface area contributed by atoms with Crippen molar-refractivity contribution in [1.29, 1.82) is 0 Å². The van der Waals surface area contributed by atoms with E-state index in [9.17, 15) is 9.59 Å². The van der Waals surface area contributed by atoms with E-state index in [1.54, 1.807) is 47.4 Å². The lowest BCUT2D eigenvalue weighted by molar-refractivity contribution is -0.130. The van der Waals surface area contributed by atoms with Crippen LogP contribution < -0.4 is 14.2 Å². The molecule has 2 unspecified atom stereocenters. The second-order valence-electron chi connectivity index (χ2n) is 10.8. The molecule has 0 saturated carbocycles. The van der Waals surface area contributed by atoms with Gasteiger partial charge in [-0.3, -0.25) is 9.78 Å². The van der Waals surface area contributed by atoms with E-state index < -0.39 is 23.5 Å². The number of hydrogen-bond acceptors (Lipinski definition) is 8. The Morgan fingerprint density at radius 2 is 1.80 bits per heavy atom. The standard InChI is InChI=1S/C31H34N4O6/c1-31(2,3)41-30(37)35-16-14-21(29(35)36)26(19-9-8-15-32-17-19)20-12-13-24(39-5)28-27(20)33-25(34-28)18-40-23-11-7-6-10-22(23)38-4/h6-13,15,17,21,26H,14,16,18H2,1-5H3,(H,33,34). The maximum Gasteiger partial charge on any atom is 0.417 e. The van der Waals surface area contributed by atoms with Crippen LogP contribution in [0.4, 0.5) is 4.79 Å². The number of nitrogens with zero attached hydrogens (tertiary/aromatic N) is 3. The highest BCUT2D eigenvalue weighted by Crippen LogP contribution is 2.42. The minimum absolute atomic E-state index is 0.157. The van der Waals surface area contributed by atoms with Crippen LogP contribution in [0.2, 0.25) is 0 Å². The fraction of sp³-hybridized carbons (Fsp3) is 0.355. The molecule has 1 aliphatic heterocycles. The van der Waals surface area contributed by atoms with E-state index >= 15 is 0 Å². The Kier molecular flexibility index (Phi) is 7.83. The minimum Gasteiger partial charge on any atom is -0.494 e. The van der Waals surface area contributed by atoms with E-state index in [0.717, 1.165) is 11.1 Å². The summed E-state index contributed by atoms with van der Waals surface area (Å²) in [7, 11) is 3.19. The van der Waals surface area contributed by atoms with Gasteiger partial charge < -0.3 is 23.9 Å². The number of imidazole rings is 1. The number of para-hydroxylation sites is 2. The summed E-state index contributed by atoms with van der Waals surface area (Å²) >= 11 is 0. The van der Waals surface area contributed by atoms with Gasteiger partial charge in [0.25, 0.3) is 0 Å². The molecule has 2 aromatic carbocycles. The maximum absolute atomic E-state index is 13.7. The zero-order valence-electron chi connectivity index (χ0n) is 23.8. The summed E-state index contributed by atoms with van der Waals surface area (Å²) in [6.07, 6.45) is 3.28. The first kappa shape index (κ1) is 27.9. The molecule has 0 spiro atoms. The highest BCUT2D eigenvalue weighted by atomic mass is 16.6. The molecule has 1 N–H and O–H groups in total. The predicted octanol–water partition coefficient (Wildman–Crippen LogP) is 5.47. The number of methoxy groups -OCH3 is 2. The summed E-state index contributed by atoms with van der Waals surface area (Å²) in [5, 5.41) is 0. The number of H-pyrrole nitrogens is 1. The molecule has 10 nitrogen and oxygen atoms in total. The van der Waals surface area contributed by atoms with Crippen LogP contribution in [-0.4, -0.2) is 58.2 Å². The van der Waals surface area contributed by atoms with Crippen molar-refractivity contribution in [3.63, 3.8) is 0 Å². The van der Waals surface area contributed by atoms with Gasteiger partial charge in [0.1, 0.15) is 29.3 Å². The zero-order valence-corrected chi connectivity index (χ0v) is 23.8. The van der Waals surface area contributed by atoms with E-state index in [0.29, 0.717) is 40.5 Å². The van der Waals surface area contributed by atoms with Gasteiger partial charge in [-0.25, -0.2) is 14.7 Å². The molecule has 1 saturated heterocycles. The normalized spacial score (nSPS) is 16.1. The number of aromatic amines is 1. The smallest absolute Gasteiger partial charge is 0.417 e. The molecule has 1 fully saturated rings. The van der Waals surface area contributed by atoms with Crippen molar-refractivity contribution < 1.29 is 28.5 Å². The highest BCUT2D eigenvalue weighted by Gasteiger charge is 2.43. The van der Waals surface area contributed by atoms with Crippen LogP contribution in [-0.2, 0) is 16.1 Å². The van der Waals surface area contributed by atoms with Crippen LogP contribution >= 0.6 is 0 Å². The lowest BCUT2D eigenvalue weighted by Gasteiger charge is -2.26. The van der Waals surface area contributed by atoms with E-state index in [4.69, 9.17) is 23.9 Å². The topological polar surface area (TPSA) is 116 Å². The van der Waals surface area contributed by atoms with Crippen LogP contribution in [0.3, 0.4) is 0 Å². The number of carbonyl (C=O) groups excluding carboxylic acids is 2. The molecule has 2 aromatic heterocycles. The Labute approximate surface area is 238 Å². The van der Waals surface area contributed by atoms with Gasteiger partial charge in [-0.15, -0.1) is 0 Å². The molecular weight excluding hydrogens is 524 g/mol. The number of carbonyl (C=O) groups is 2. The number of hydrogen-bond donors (Lipinski definition) is 1. The van der Waals surface area contributed by atoms with Crippen LogP contribution in [0.25, 0.3) is 11.0 Å². The van der Waals surface area contributed by atoms with Gasteiger partial charge in [-0.05, 0) is 62.6 Å². The highest BCUT2D eigenvalue weighted by molar-refractivity contribution is 5.96. The molecule has 0 radical (unpaired) electrons. The molecule has 0 bridgehead atoms. The van der Waals surface area contributed by atoms with E-state index in [-0.39, 0.29) is 19.1 Å². The summed E-state index contributed by atoms with van der Waals surface area (Å²) in [5.74, 6) is 1.18. The number of aromatic nitrogens is 3. The summed E-state index contributed by atoms with van der Waals surface area (Å²) in [5.41, 5.74) is 2.29. The third-order valence-electron chi connectivity index (χ3n) is 6.98. The van der Waals surface area contributed by atoms with Gasteiger partial charge in [-0.2, -0.15) is 0 Å². The van der Waals surface area contributed by atoms with E-state index in [1.807, 2.05) is 48.5 Å². The monoisotopic (exact) mass is 558 g/mol. The fourth-order valence-corrected chi connectivity index (χ4v) is 5.21. The number of imide groups is 1. The molecule has 41 heavy (non-hydrogen) atoms. The van der Waals surface area contributed by atoms with E-state index in [2.05, 4.69) is 9.97 Å². The largest absolute Gasteiger partial charge is 0.494 e. The van der Waals surface area contributed by atoms with Gasteiger partial charge in [-0.1, -0.05) is 24.3 Å². The fourth-order valence-electron chi connectivity index (χ4n) is 5.21. The van der Waals surface area contributed by atoms with Crippen molar-refractivity contribution in [1.82, 2.24) is 19.9 Å².